The van der Waals surface area contributed by atoms with Crippen LogP contribution < -0.4 is 15.8 Å². The minimum absolute atomic E-state index is 0.251. The molecule has 98 valence electrons. The van der Waals surface area contributed by atoms with E-state index < -0.39 is 0 Å². The lowest BCUT2D eigenvalue weighted by Crippen LogP contribution is -2.14. The van der Waals surface area contributed by atoms with E-state index in [2.05, 4.69) is 15.3 Å². The first-order valence-corrected chi connectivity index (χ1v) is 5.63. The van der Waals surface area contributed by atoms with Crippen LogP contribution in [0.1, 0.15) is 16.2 Å². The molecule has 19 heavy (non-hydrogen) atoms. The fourth-order valence-corrected chi connectivity index (χ4v) is 1.49. The van der Waals surface area contributed by atoms with Crippen molar-refractivity contribution in [1.29, 1.82) is 0 Å². The quantitative estimate of drug-likeness (QED) is 0.816. The van der Waals surface area contributed by atoms with Crippen molar-refractivity contribution in [1.82, 2.24) is 9.97 Å². The summed E-state index contributed by atoms with van der Waals surface area (Å²) < 4.78 is 5.08. The normalized spacial score (nSPS) is 10.0. The molecule has 0 bridgehead atoms. The van der Waals surface area contributed by atoms with Crippen LogP contribution >= 0.6 is 0 Å². The molecular formula is C13H14N4O2. The fraction of sp³-hybridized carbons (Fsp3) is 0.154. The molecule has 0 atom stereocenters. The van der Waals surface area contributed by atoms with Crippen LogP contribution in [0.4, 0.5) is 11.4 Å². The summed E-state index contributed by atoms with van der Waals surface area (Å²) in [5.41, 5.74) is 7.80. The Labute approximate surface area is 110 Å². The average molecular weight is 258 g/mol. The van der Waals surface area contributed by atoms with Gasteiger partial charge in [0.1, 0.15) is 11.4 Å². The second-order valence-electron chi connectivity index (χ2n) is 3.95. The van der Waals surface area contributed by atoms with Gasteiger partial charge >= 0.3 is 0 Å². The Morgan fingerprint density at radius 2 is 2.11 bits per heavy atom. The number of hydrogen-bond donors (Lipinski definition) is 2. The van der Waals surface area contributed by atoms with E-state index in [1.807, 2.05) is 0 Å². The van der Waals surface area contributed by atoms with E-state index in [-0.39, 0.29) is 11.6 Å². The number of aryl methyl sites for hydroxylation is 1. The highest BCUT2D eigenvalue weighted by molar-refractivity contribution is 6.02. The highest BCUT2D eigenvalue weighted by Crippen LogP contribution is 2.25. The number of aromatic nitrogens is 2. The van der Waals surface area contributed by atoms with Crippen molar-refractivity contribution in [3.05, 3.63) is 42.0 Å². The Hall–Kier alpha value is -2.63. The monoisotopic (exact) mass is 258 g/mol. The van der Waals surface area contributed by atoms with Gasteiger partial charge in [-0.25, -0.2) is 4.98 Å². The maximum Gasteiger partial charge on any atom is 0.275 e. The van der Waals surface area contributed by atoms with Crippen LogP contribution in [-0.2, 0) is 0 Å². The first-order valence-electron chi connectivity index (χ1n) is 5.63. The van der Waals surface area contributed by atoms with E-state index in [9.17, 15) is 4.79 Å². The molecule has 0 aliphatic carbocycles. The fourth-order valence-electron chi connectivity index (χ4n) is 1.49. The Bertz CT molecular complexity index is 596. The Balaban J connectivity index is 2.17. The van der Waals surface area contributed by atoms with Crippen LogP contribution in [0, 0.1) is 6.92 Å². The van der Waals surface area contributed by atoms with E-state index in [1.165, 1.54) is 13.3 Å². The predicted octanol–water partition coefficient (Wildman–Crippen LogP) is 1.63. The van der Waals surface area contributed by atoms with Gasteiger partial charge < -0.3 is 15.8 Å². The molecule has 0 spiro atoms. The summed E-state index contributed by atoms with van der Waals surface area (Å²) in [5, 5.41) is 2.70. The summed E-state index contributed by atoms with van der Waals surface area (Å²) in [7, 11) is 1.52. The van der Waals surface area contributed by atoms with Crippen molar-refractivity contribution in [2.24, 2.45) is 0 Å². The van der Waals surface area contributed by atoms with E-state index >= 15 is 0 Å². The summed E-state index contributed by atoms with van der Waals surface area (Å²) in [6.07, 6.45) is 2.97. The maximum absolute atomic E-state index is 11.9. The van der Waals surface area contributed by atoms with Gasteiger partial charge in [0.25, 0.3) is 5.91 Å². The summed E-state index contributed by atoms with van der Waals surface area (Å²) in [6.45, 7) is 1.81. The number of nitrogens with one attached hydrogen (secondary N) is 1. The zero-order chi connectivity index (χ0) is 13.8. The zero-order valence-electron chi connectivity index (χ0n) is 10.7. The molecule has 6 heteroatoms. The summed E-state index contributed by atoms with van der Waals surface area (Å²) in [6, 6.07) is 5.00. The second-order valence-corrected chi connectivity index (χ2v) is 3.95. The zero-order valence-corrected chi connectivity index (χ0v) is 10.7. The molecule has 0 saturated heterocycles. The maximum atomic E-state index is 11.9. The van der Waals surface area contributed by atoms with Gasteiger partial charge in [0.2, 0.25) is 0 Å². The smallest absolute Gasteiger partial charge is 0.275 e. The van der Waals surface area contributed by atoms with Gasteiger partial charge in [0.15, 0.2) is 0 Å². The molecule has 0 aliphatic heterocycles. The molecule has 1 amide bonds. The molecule has 6 nitrogen and oxygen atoms in total. The number of anilines is 2. The van der Waals surface area contributed by atoms with Gasteiger partial charge in [-0.3, -0.25) is 9.78 Å². The molecule has 0 aliphatic rings. The van der Waals surface area contributed by atoms with Crippen LogP contribution in [0.3, 0.4) is 0 Å². The number of rotatable bonds is 3. The number of ether oxygens (including phenoxy) is 1. The highest BCUT2D eigenvalue weighted by atomic mass is 16.5. The minimum Gasteiger partial charge on any atom is -0.495 e. The molecule has 2 aromatic rings. The Kier molecular flexibility index (Phi) is 3.61. The number of carbonyl (C=O) groups excluding carboxylic acids is 1. The van der Waals surface area contributed by atoms with Gasteiger partial charge in [-0.1, -0.05) is 0 Å². The van der Waals surface area contributed by atoms with Crippen LogP contribution in [0.5, 0.6) is 5.75 Å². The first-order chi connectivity index (χ1) is 9.10. The van der Waals surface area contributed by atoms with Gasteiger partial charge in [-0.05, 0) is 19.1 Å². The van der Waals surface area contributed by atoms with E-state index in [4.69, 9.17) is 10.5 Å². The molecular weight excluding hydrogens is 244 g/mol. The lowest BCUT2D eigenvalue weighted by Gasteiger charge is -2.08. The van der Waals surface area contributed by atoms with Crippen LogP contribution in [0.15, 0.2) is 30.6 Å². The predicted molar refractivity (Wildman–Crippen MR) is 72.1 cm³/mol. The molecule has 0 saturated carbocycles. The SMILES string of the molecule is COc1cc(NC(=O)c2cnc(C)cn2)ccc1N. The van der Waals surface area contributed by atoms with Crippen LogP contribution in [-0.4, -0.2) is 23.0 Å². The van der Waals surface area contributed by atoms with Crippen molar-refractivity contribution >= 4 is 17.3 Å². The van der Waals surface area contributed by atoms with Gasteiger partial charge in [0.05, 0.1) is 24.7 Å². The van der Waals surface area contributed by atoms with Gasteiger partial charge in [0, 0.05) is 18.0 Å². The van der Waals surface area contributed by atoms with Crippen molar-refractivity contribution < 1.29 is 9.53 Å². The minimum atomic E-state index is -0.334. The standard InChI is InChI=1S/C13H14N4O2/c1-8-6-16-11(7-15-8)13(18)17-9-3-4-10(14)12(5-9)19-2/h3-7H,14H2,1-2H3,(H,17,18). The van der Waals surface area contributed by atoms with E-state index in [0.717, 1.165) is 5.69 Å². The number of amides is 1. The van der Waals surface area contributed by atoms with E-state index in [1.54, 1.807) is 31.3 Å². The molecule has 0 fully saturated rings. The molecule has 1 aromatic carbocycles. The van der Waals surface area contributed by atoms with Crippen molar-refractivity contribution in [2.45, 2.75) is 6.92 Å². The van der Waals surface area contributed by atoms with Gasteiger partial charge in [-0.15, -0.1) is 0 Å². The number of nitrogens with two attached hydrogens (primary N) is 1. The summed E-state index contributed by atoms with van der Waals surface area (Å²) in [4.78, 5) is 19.9. The first kappa shape index (κ1) is 12.8. The lowest BCUT2D eigenvalue weighted by atomic mass is 10.2. The molecule has 0 unspecified atom stereocenters. The number of carbonyl (C=O) groups is 1. The topological polar surface area (TPSA) is 90.1 Å². The summed E-state index contributed by atoms with van der Waals surface area (Å²) >= 11 is 0. The number of benzene rings is 1. The average Bonchev–Trinajstić information content (AvgIpc) is 2.41. The molecule has 2 rings (SSSR count). The Morgan fingerprint density at radius 3 is 2.74 bits per heavy atom. The number of methoxy groups -OCH3 is 1. The van der Waals surface area contributed by atoms with Crippen molar-refractivity contribution in [3.8, 4) is 5.75 Å². The van der Waals surface area contributed by atoms with Crippen molar-refractivity contribution in [3.63, 3.8) is 0 Å². The summed E-state index contributed by atoms with van der Waals surface area (Å²) in [5.74, 6) is 0.173. The molecule has 1 aromatic heterocycles. The van der Waals surface area contributed by atoms with Gasteiger partial charge in [-0.2, -0.15) is 0 Å². The Morgan fingerprint density at radius 1 is 1.32 bits per heavy atom. The second kappa shape index (κ2) is 5.34. The highest BCUT2D eigenvalue weighted by Gasteiger charge is 2.09. The third-order valence-corrected chi connectivity index (χ3v) is 2.50. The molecule has 1 heterocycles. The number of nitrogens with zero attached hydrogens (tertiary/aromatic N) is 2. The van der Waals surface area contributed by atoms with Crippen LogP contribution in [0.2, 0.25) is 0 Å². The lowest BCUT2D eigenvalue weighted by molar-refractivity contribution is 0.102. The number of hydrogen-bond acceptors (Lipinski definition) is 5. The molecule has 0 radical (unpaired) electrons. The van der Waals surface area contributed by atoms with Crippen LogP contribution in [0.25, 0.3) is 0 Å². The van der Waals surface area contributed by atoms with Crippen molar-refractivity contribution in [2.75, 3.05) is 18.2 Å². The molecule has 3 N–H and O–H groups in total. The third-order valence-electron chi connectivity index (χ3n) is 2.50. The van der Waals surface area contributed by atoms with E-state index in [0.29, 0.717) is 17.1 Å². The largest absolute Gasteiger partial charge is 0.495 e. The third kappa shape index (κ3) is 2.98. The number of nitrogen functional groups attached to an aromatic ring is 1.